The lowest BCUT2D eigenvalue weighted by atomic mass is 9.96. The van der Waals surface area contributed by atoms with E-state index in [2.05, 4.69) is 30.5 Å². The van der Waals surface area contributed by atoms with Crippen LogP contribution in [-0.2, 0) is 22.6 Å². The molecule has 0 spiro atoms. The lowest BCUT2D eigenvalue weighted by molar-refractivity contribution is -0.139. The second-order valence-corrected chi connectivity index (χ2v) is 12.0. The Bertz CT molecular complexity index is 1230. The van der Waals surface area contributed by atoms with E-state index in [1.807, 2.05) is 17.9 Å². The second-order valence-electron chi connectivity index (χ2n) is 12.0. The molecule has 2 aromatic rings. The van der Waals surface area contributed by atoms with Gasteiger partial charge in [0.25, 0.3) is 0 Å². The summed E-state index contributed by atoms with van der Waals surface area (Å²) in [5, 5.41) is 12.6. The molecule has 0 radical (unpaired) electrons. The molecule has 8 heteroatoms. The number of piperidine rings is 1. The highest BCUT2D eigenvalue weighted by atomic mass is 16.2. The predicted molar refractivity (Wildman–Crippen MR) is 150 cm³/mol. The molecule has 3 heterocycles. The predicted octanol–water partition coefficient (Wildman–Crippen LogP) is 4.49. The van der Waals surface area contributed by atoms with Gasteiger partial charge in [-0.15, -0.1) is 0 Å². The highest BCUT2D eigenvalue weighted by Crippen LogP contribution is 2.59. The van der Waals surface area contributed by atoms with Crippen molar-refractivity contribution in [3.05, 3.63) is 23.4 Å². The van der Waals surface area contributed by atoms with Crippen LogP contribution in [0.1, 0.15) is 95.1 Å². The summed E-state index contributed by atoms with van der Waals surface area (Å²) in [5.74, 6) is -0.0389. The Morgan fingerprint density at radius 1 is 1.16 bits per heavy atom. The van der Waals surface area contributed by atoms with E-state index in [1.54, 1.807) is 4.68 Å². The standard InChI is InChI=1S/C30H43N5O3/c1-5-25(37)24-15-30-16-26(30)35(24)27(38)17-34-29-21(11-9-7-6-8-10-12-31-18-30)13-22(32-19(2)3)14-23(29)28(33-34)20(4)36/h13-14,19,24,26,31-32H,5-12,15-18H2,1-4H3/t24-,26+,30-/m0/s1. The fourth-order valence-corrected chi connectivity index (χ4v) is 6.78. The van der Waals surface area contributed by atoms with Gasteiger partial charge in [-0.3, -0.25) is 19.1 Å². The second kappa shape index (κ2) is 10.8. The van der Waals surface area contributed by atoms with Crippen molar-refractivity contribution in [3.63, 3.8) is 0 Å². The molecular weight excluding hydrogens is 478 g/mol. The van der Waals surface area contributed by atoms with Gasteiger partial charge in [0.05, 0.1) is 11.6 Å². The van der Waals surface area contributed by atoms with Crippen LogP contribution >= 0.6 is 0 Å². The number of anilines is 1. The average Bonchev–Trinajstić information content (AvgIpc) is 3.27. The normalized spacial score (nSPS) is 26.3. The van der Waals surface area contributed by atoms with Crippen molar-refractivity contribution in [1.29, 1.82) is 0 Å². The molecule has 8 nitrogen and oxygen atoms in total. The summed E-state index contributed by atoms with van der Waals surface area (Å²) in [4.78, 5) is 41.4. The van der Waals surface area contributed by atoms with Crippen molar-refractivity contribution in [3.8, 4) is 0 Å². The lowest BCUT2D eigenvalue weighted by Gasteiger charge is -2.26. The Balaban J connectivity index is 1.56. The van der Waals surface area contributed by atoms with Gasteiger partial charge in [0.15, 0.2) is 11.6 Å². The number of nitrogens with zero attached hydrogens (tertiary/aromatic N) is 3. The van der Waals surface area contributed by atoms with E-state index >= 15 is 0 Å². The number of nitrogens with one attached hydrogen (secondary N) is 2. The van der Waals surface area contributed by atoms with Crippen molar-refractivity contribution in [2.75, 3.05) is 18.4 Å². The number of hydrogen-bond acceptors (Lipinski definition) is 6. The van der Waals surface area contributed by atoms with Crippen LogP contribution in [0.3, 0.4) is 0 Å². The van der Waals surface area contributed by atoms with E-state index in [9.17, 15) is 14.4 Å². The molecule has 5 rings (SSSR count). The SMILES string of the molecule is CCC(=O)[C@@H]1C[C@]23CNCCCCCCCc4cc(NC(C)C)cc5c(C(C)=O)nn(c45)CC(=O)N1[C@@H]2C3. The zero-order chi connectivity index (χ0) is 27.0. The molecule has 2 N–H and O–H groups in total. The lowest BCUT2D eigenvalue weighted by Crippen LogP contribution is -2.44. The monoisotopic (exact) mass is 521 g/mol. The molecule has 2 aliphatic heterocycles. The summed E-state index contributed by atoms with van der Waals surface area (Å²) in [5.41, 5.74) is 3.39. The summed E-state index contributed by atoms with van der Waals surface area (Å²) in [7, 11) is 0. The molecule has 38 heavy (non-hydrogen) atoms. The Labute approximate surface area is 225 Å². The van der Waals surface area contributed by atoms with Gasteiger partial charge in [0, 0.05) is 48.5 Å². The summed E-state index contributed by atoms with van der Waals surface area (Å²) in [6.07, 6.45) is 8.73. The molecular formula is C30H43N5O3. The highest BCUT2D eigenvalue weighted by molar-refractivity contribution is 6.06. The fourth-order valence-electron chi connectivity index (χ4n) is 6.78. The highest BCUT2D eigenvalue weighted by Gasteiger charge is 2.66. The number of carbonyl (C=O) groups excluding carboxylic acids is 3. The maximum absolute atomic E-state index is 13.9. The first-order valence-electron chi connectivity index (χ1n) is 14.6. The summed E-state index contributed by atoms with van der Waals surface area (Å²) in [6, 6.07) is 4.17. The van der Waals surface area contributed by atoms with Crippen molar-refractivity contribution < 1.29 is 14.4 Å². The third kappa shape index (κ3) is 5.12. The Morgan fingerprint density at radius 2 is 1.92 bits per heavy atom. The number of carbonyl (C=O) groups is 3. The average molecular weight is 522 g/mol. The minimum Gasteiger partial charge on any atom is -0.383 e. The zero-order valence-corrected chi connectivity index (χ0v) is 23.4. The summed E-state index contributed by atoms with van der Waals surface area (Å²) < 4.78 is 1.75. The van der Waals surface area contributed by atoms with E-state index in [1.165, 1.54) is 19.8 Å². The molecule has 1 amide bonds. The van der Waals surface area contributed by atoms with Crippen LogP contribution in [0.25, 0.3) is 10.9 Å². The number of hydrogen-bond donors (Lipinski definition) is 2. The van der Waals surface area contributed by atoms with E-state index < -0.39 is 0 Å². The third-order valence-electron chi connectivity index (χ3n) is 8.70. The number of Topliss-reactive ketones (excluding diaryl/α,β-unsaturated/α-hetero) is 2. The molecule has 2 fully saturated rings. The largest absolute Gasteiger partial charge is 0.383 e. The summed E-state index contributed by atoms with van der Waals surface area (Å²) >= 11 is 0. The number of aromatic nitrogens is 2. The van der Waals surface area contributed by atoms with Crippen LogP contribution in [0, 0.1) is 5.41 Å². The van der Waals surface area contributed by atoms with E-state index in [4.69, 9.17) is 5.10 Å². The van der Waals surface area contributed by atoms with Gasteiger partial charge >= 0.3 is 0 Å². The number of aryl methyl sites for hydroxylation is 1. The molecule has 206 valence electrons. The summed E-state index contributed by atoms with van der Waals surface area (Å²) in [6.45, 7) is 9.51. The molecule has 3 atom stereocenters. The first kappa shape index (κ1) is 26.9. The molecule has 1 aromatic carbocycles. The Kier molecular flexibility index (Phi) is 7.63. The van der Waals surface area contributed by atoms with Crippen molar-refractivity contribution >= 4 is 34.1 Å². The fraction of sp³-hybridized carbons (Fsp3) is 0.667. The Hall–Kier alpha value is -2.74. The number of amides is 1. The molecule has 1 aromatic heterocycles. The van der Waals surface area contributed by atoms with Crippen LogP contribution < -0.4 is 10.6 Å². The van der Waals surface area contributed by atoms with E-state index in [0.29, 0.717) is 12.1 Å². The molecule has 0 unspecified atom stereocenters. The number of benzene rings is 1. The van der Waals surface area contributed by atoms with Gasteiger partial charge < -0.3 is 15.5 Å². The molecule has 2 bridgehead atoms. The smallest absolute Gasteiger partial charge is 0.245 e. The first-order valence-corrected chi connectivity index (χ1v) is 14.6. The van der Waals surface area contributed by atoms with Gasteiger partial charge in [-0.2, -0.15) is 5.10 Å². The minimum absolute atomic E-state index is 0.0123. The minimum atomic E-state index is -0.359. The first-order chi connectivity index (χ1) is 18.2. The van der Waals surface area contributed by atoms with Gasteiger partial charge in [0.1, 0.15) is 12.2 Å². The zero-order valence-electron chi connectivity index (χ0n) is 23.4. The quantitative estimate of drug-likeness (QED) is 0.563. The van der Waals surface area contributed by atoms with Gasteiger partial charge in [0.2, 0.25) is 5.91 Å². The molecule has 1 aliphatic carbocycles. The van der Waals surface area contributed by atoms with Crippen LogP contribution in [-0.4, -0.2) is 63.4 Å². The third-order valence-corrected chi connectivity index (χ3v) is 8.70. The van der Waals surface area contributed by atoms with Crippen LogP contribution in [0.2, 0.25) is 0 Å². The van der Waals surface area contributed by atoms with Crippen molar-refractivity contribution in [2.45, 2.75) is 110 Å². The molecule has 1 saturated heterocycles. The van der Waals surface area contributed by atoms with Crippen LogP contribution in [0.4, 0.5) is 5.69 Å². The van der Waals surface area contributed by atoms with E-state index in [-0.39, 0.29) is 47.6 Å². The topological polar surface area (TPSA) is 96.3 Å². The molecule has 3 aliphatic rings. The van der Waals surface area contributed by atoms with Crippen LogP contribution in [0.15, 0.2) is 12.1 Å². The number of ketones is 2. The molecule has 1 saturated carbocycles. The van der Waals surface area contributed by atoms with E-state index in [0.717, 1.165) is 73.8 Å². The van der Waals surface area contributed by atoms with Crippen molar-refractivity contribution in [1.82, 2.24) is 20.0 Å². The number of rotatable bonds is 5. The van der Waals surface area contributed by atoms with Gasteiger partial charge in [-0.25, -0.2) is 0 Å². The Morgan fingerprint density at radius 3 is 2.66 bits per heavy atom. The maximum atomic E-state index is 13.9. The van der Waals surface area contributed by atoms with Crippen molar-refractivity contribution in [2.24, 2.45) is 5.41 Å². The van der Waals surface area contributed by atoms with Crippen LogP contribution in [0.5, 0.6) is 0 Å². The van der Waals surface area contributed by atoms with Gasteiger partial charge in [-0.1, -0.05) is 26.2 Å². The maximum Gasteiger partial charge on any atom is 0.245 e. The van der Waals surface area contributed by atoms with Gasteiger partial charge in [-0.05, 0) is 70.2 Å².